The molecule has 21 heavy (non-hydrogen) atoms. The van der Waals surface area contributed by atoms with E-state index in [9.17, 15) is 4.79 Å². The van der Waals surface area contributed by atoms with Crippen molar-refractivity contribution in [2.75, 3.05) is 18.9 Å². The maximum atomic E-state index is 11.9. The number of anilines is 1. The molecule has 0 fully saturated rings. The van der Waals surface area contributed by atoms with Gasteiger partial charge in [-0.15, -0.1) is 11.3 Å². The van der Waals surface area contributed by atoms with Crippen LogP contribution in [0.1, 0.15) is 17.1 Å². The SMILES string of the molecule is Cc1nc(CN(C)CCC(=O)Nc2ccccc2Cl)cs1. The summed E-state index contributed by atoms with van der Waals surface area (Å²) in [6, 6.07) is 7.23. The second kappa shape index (κ2) is 7.54. The number of nitrogens with zero attached hydrogens (tertiary/aromatic N) is 2. The maximum absolute atomic E-state index is 11.9. The van der Waals surface area contributed by atoms with E-state index in [4.69, 9.17) is 11.6 Å². The quantitative estimate of drug-likeness (QED) is 0.884. The molecule has 0 unspecified atom stereocenters. The zero-order valence-electron chi connectivity index (χ0n) is 12.1. The van der Waals surface area contributed by atoms with E-state index in [-0.39, 0.29) is 5.91 Å². The standard InChI is InChI=1S/C15H18ClN3OS/c1-11-17-12(10-21-11)9-19(2)8-7-15(20)18-14-6-4-3-5-13(14)16/h3-6,10H,7-9H2,1-2H3,(H,18,20). The lowest BCUT2D eigenvalue weighted by atomic mass is 10.3. The van der Waals surface area contributed by atoms with Crippen molar-refractivity contribution in [3.63, 3.8) is 0 Å². The lowest BCUT2D eigenvalue weighted by Crippen LogP contribution is -2.24. The topological polar surface area (TPSA) is 45.2 Å². The van der Waals surface area contributed by atoms with Crippen LogP contribution >= 0.6 is 22.9 Å². The third-order valence-electron chi connectivity index (χ3n) is 2.97. The summed E-state index contributed by atoms with van der Waals surface area (Å²) in [5, 5.41) is 6.49. The van der Waals surface area contributed by atoms with Gasteiger partial charge in [0.25, 0.3) is 0 Å². The molecule has 112 valence electrons. The predicted molar refractivity (Wildman–Crippen MR) is 87.9 cm³/mol. The van der Waals surface area contributed by atoms with Crippen LogP contribution in [0.25, 0.3) is 0 Å². The van der Waals surface area contributed by atoms with Gasteiger partial charge < -0.3 is 10.2 Å². The number of aryl methyl sites for hydroxylation is 1. The molecule has 0 radical (unpaired) electrons. The number of carbonyl (C=O) groups excluding carboxylic acids is 1. The molecule has 0 aliphatic heterocycles. The van der Waals surface area contributed by atoms with Crippen molar-refractivity contribution in [3.05, 3.63) is 45.4 Å². The van der Waals surface area contributed by atoms with Crippen LogP contribution in [0, 0.1) is 6.92 Å². The fraction of sp³-hybridized carbons (Fsp3) is 0.333. The highest BCUT2D eigenvalue weighted by molar-refractivity contribution is 7.09. The van der Waals surface area contributed by atoms with Gasteiger partial charge in [0.2, 0.25) is 5.91 Å². The molecule has 4 nitrogen and oxygen atoms in total. The van der Waals surface area contributed by atoms with Crippen molar-refractivity contribution in [1.29, 1.82) is 0 Å². The average molecular weight is 324 g/mol. The highest BCUT2D eigenvalue weighted by Crippen LogP contribution is 2.20. The summed E-state index contributed by atoms with van der Waals surface area (Å²) in [6.07, 6.45) is 0.421. The summed E-state index contributed by atoms with van der Waals surface area (Å²) in [6.45, 7) is 3.42. The van der Waals surface area contributed by atoms with Gasteiger partial charge >= 0.3 is 0 Å². The smallest absolute Gasteiger partial charge is 0.225 e. The van der Waals surface area contributed by atoms with Gasteiger partial charge in [0.1, 0.15) is 0 Å². The molecule has 0 aliphatic carbocycles. The largest absolute Gasteiger partial charge is 0.325 e. The molecular weight excluding hydrogens is 306 g/mol. The summed E-state index contributed by atoms with van der Waals surface area (Å²) < 4.78 is 0. The van der Waals surface area contributed by atoms with E-state index < -0.39 is 0 Å². The van der Waals surface area contributed by atoms with Gasteiger partial charge in [-0.25, -0.2) is 4.98 Å². The Balaban J connectivity index is 1.77. The van der Waals surface area contributed by atoms with Crippen LogP contribution < -0.4 is 5.32 Å². The van der Waals surface area contributed by atoms with Gasteiger partial charge in [-0.2, -0.15) is 0 Å². The Hall–Kier alpha value is -1.43. The first-order chi connectivity index (χ1) is 10.0. The highest BCUT2D eigenvalue weighted by Gasteiger charge is 2.08. The molecule has 0 saturated heterocycles. The molecule has 1 aromatic heterocycles. The number of hydrogen-bond acceptors (Lipinski definition) is 4. The number of thiazole rings is 1. The number of amides is 1. The molecule has 2 aromatic rings. The van der Waals surface area contributed by atoms with Crippen LogP contribution in [-0.2, 0) is 11.3 Å². The van der Waals surface area contributed by atoms with Crippen molar-refractivity contribution in [3.8, 4) is 0 Å². The number of benzene rings is 1. The van der Waals surface area contributed by atoms with Gasteiger partial charge in [-0.3, -0.25) is 4.79 Å². The number of halogens is 1. The van der Waals surface area contributed by atoms with E-state index in [2.05, 4.69) is 20.6 Å². The molecule has 0 saturated carbocycles. The number of nitrogens with one attached hydrogen (secondary N) is 1. The Kier molecular flexibility index (Phi) is 5.73. The minimum atomic E-state index is -0.0376. The molecule has 1 N–H and O–H groups in total. The predicted octanol–water partition coefficient (Wildman–Crippen LogP) is 3.57. The Morgan fingerprint density at radius 2 is 2.19 bits per heavy atom. The summed E-state index contributed by atoms with van der Waals surface area (Å²) in [7, 11) is 1.98. The number of hydrogen-bond donors (Lipinski definition) is 1. The van der Waals surface area contributed by atoms with Crippen molar-refractivity contribution >= 4 is 34.5 Å². The molecule has 0 atom stereocenters. The minimum absolute atomic E-state index is 0.0376. The van der Waals surface area contributed by atoms with Crippen LogP contribution in [0.3, 0.4) is 0 Å². The van der Waals surface area contributed by atoms with Gasteiger partial charge in [0, 0.05) is 24.9 Å². The zero-order chi connectivity index (χ0) is 15.2. The van der Waals surface area contributed by atoms with Gasteiger partial charge in [-0.05, 0) is 26.1 Å². The van der Waals surface area contributed by atoms with Crippen LogP contribution in [-0.4, -0.2) is 29.4 Å². The summed E-state index contributed by atoms with van der Waals surface area (Å²) in [4.78, 5) is 18.4. The fourth-order valence-electron chi connectivity index (χ4n) is 1.90. The van der Waals surface area contributed by atoms with Crippen molar-refractivity contribution in [2.45, 2.75) is 19.9 Å². The summed E-state index contributed by atoms with van der Waals surface area (Å²) >= 11 is 7.65. The third-order valence-corrected chi connectivity index (χ3v) is 4.12. The fourth-order valence-corrected chi connectivity index (χ4v) is 2.69. The van der Waals surface area contributed by atoms with Gasteiger partial charge in [-0.1, -0.05) is 23.7 Å². The first-order valence-corrected chi connectivity index (χ1v) is 7.94. The molecule has 2 rings (SSSR count). The molecule has 0 bridgehead atoms. The number of rotatable bonds is 6. The molecule has 0 aliphatic rings. The van der Waals surface area contributed by atoms with Gasteiger partial charge in [0.15, 0.2) is 0 Å². The third kappa shape index (κ3) is 5.12. The Morgan fingerprint density at radius 3 is 2.86 bits per heavy atom. The number of para-hydroxylation sites is 1. The van der Waals surface area contributed by atoms with E-state index in [1.807, 2.05) is 26.1 Å². The van der Waals surface area contributed by atoms with Crippen LogP contribution in [0.2, 0.25) is 5.02 Å². The number of aromatic nitrogens is 1. The summed E-state index contributed by atoms with van der Waals surface area (Å²) in [5.41, 5.74) is 1.70. The van der Waals surface area contributed by atoms with Crippen LogP contribution in [0.4, 0.5) is 5.69 Å². The molecule has 1 aromatic carbocycles. The lowest BCUT2D eigenvalue weighted by molar-refractivity contribution is -0.116. The first-order valence-electron chi connectivity index (χ1n) is 6.68. The van der Waals surface area contributed by atoms with Gasteiger partial charge in [0.05, 0.1) is 21.4 Å². The van der Waals surface area contributed by atoms with E-state index in [1.54, 1.807) is 23.5 Å². The minimum Gasteiger partial charge on any atom is -0.325 e. The lowest BCUT2D eigenvalue weighted by Gasteiger charge is -2.15. The zero-order valence-corrected chi connectivity index (χ0v) is 13.7. The van der Waals surface area contributed by atoms with E-state index in [0.29, 0.717) is 23.7 Å². The normalized spacial score (nSPS) is 10.9. The molecule has 6 heteroatoms. The molecule has 1 amide bonds. The molecule has 1 heterocycles. The highest BCUT2D eigenvalue weighted by atomic mass is 35.5. The first kappa shape index (κ1) is 15.9. The second-order valence-electron chi connectivity index (χ2n) is 4.87. The molecule has 0 spiro atoms. The Bertz CT molecular complexity index is 614. The Morgan fingerprint density at radius 1 is 1.43 bits per heavy atom. The van der Waals surface area contributed by atoms with Crippen molar-refractivity contribution in [1.82, 2.24) is 9.88 Å². The second-order valence-corrected chi connectivity index (χ2v) is 6.34. The van der Waals surface area contributed by atoms with E-state index in [0.717, 1.165) is 17.2 Å². The number of carbonyl (C=O) groups is 1. The Labute approximate surface area is 133 Å². The van der Waals surface area contributed by atoms with Crippen LogP contribution in [0.15, 0.2) is 29.6 Å². The molecular formula is C15H18ClN3OS. The van der Waals surface area contributed by atoms with E-state index >= 15 is 0 Å². The summed E-state index contributed by atoms with van der Waals surface area (Å²) in [5.74, 6) is -0.0376. The van der Waals surface area contributed by atoms with Crippen molar-refractivity contribution in [2.24, 2.45) is 0 Å². The average Bonchev–Trinajstić information content (AvgIpc) is 2.84. The van der Waals surface area contributed by atoms with Crippen LogP contribution in [0.5, 0.6) is 0 Å². The monoisotopic (exact) mass is 323 g/mol. The van der Waals surface area contributed by atoms with E-state index in [1.165, 1.54) is 0 Å². The van der Waals surface area contributed by atoms with Crippen molar-refractivity contribution < 1.29 is 4.79 Å². The maximum Gasteiger partial charge on any atom is 0.225 e.